The van der Waals surface area contributed by atoms with Crippen LogP contribution in [0.2, 0.25) is 5.15 Å². The lowest BCUT2D eigenvalue weighted by molar-refractivity contribution is 0.0968. The van der Waals surface area contributed by atoms with Gasteiger partial charge in [0.1, 0.15) is 5.15 Å². The average Bonchev–Trinajstić information content (AvgIpc) is 2.38. The average molecular weight is 381 g/mol. The Hall–Kier alpha value is -0.350. The highest BCUT2D eigenvalue weighted by Gasteiger charge is 2.23. The zero-order chi connectivity index (χ0) is 14.0. The molecule has 1 aliphatic carbocycles. The van der Waals surface area contributed by atoms with Crippen molar-refractivity contribution in [1.82, 2.24) is 4.98 Å². The molecule has 1 unspecified atom stereocenters. The van der Waals surface area contributed by atoms with Crippen molar-refractivity contribution < 1.29 is 4.79 Å². The topological polar surface area (TPSA) is 30.0 Å². The van der Waals surface area contributed by atoms with Crippen molar-refractivity contribution in [1.29, 1.82) is 0 Å². The Morgan fingerprint density at radius 2 is 2.16 bits per heavy atom. The number of hydrogen-bond donors (Lipinski definition) is 0. The second kappa shape index (κ2) is 6.40. The molecule has 1 atom stereocenters. The Bertz CT molecular complexity index is 583. The lowest BCUT2D eigenvalue weighted by Crippen LogP contribution is -2.12. The summed E-state index contributed by atoms with van der Waals surface area (Å²) in [6, 6.07) is 1.66. The van der Waals surface area contributed by atoms with Crippen molar-refractivity contribution in [2.45, 2.75) is 12.8 Å². The molecule has 0 saturated carbocycles. The van der Waals surface area contributed by atoms with Crippen LogP contribution in [0.1, 0.15) is 23.2 Å². The monoisotopic (exact) mass is 379 g/mol. The molecule has 1 aromatic rings. The summed E-state index contributed by atoms with van der Waals surface area (Å²) >= 11 is 21.3. The van der Waals surface area contributed by atoms with E-state index in [0.29, 0.717) is 26.5 Å². The van der Waals surface area contributed by atoms with Crippen molar-refractivity contribution in [2.24, 2.45) is 5.92 Å². The summed E-state index contributed by atoms with van der Waals surface area (Å²) in [7, 11) is 0. The number of pyridine rings is 1. The maximum absolute atomic E-state index is 12.2. The Balaban J connectivity index is 2.18. The number of carbonyl (C=O) groups excluding carboxylic acids is 1. The molecule has 2 nitrogen and oxygen atoms in total. The third kappa shape index (κ3) is 3.60. The second-order valence-corrected chi connectivity index (χ2v) is 6.24. The van der Waals surface area contributed by atoms with Gasteiger partial charge in [-0.2, -0.15) is 0 Å². The molecule has 100 valence electrons. The minimum Gasteiger partial charge on any atom is -0.294 e. The van der Waals surface area contributed by atoms with Crippen molar-refractivity contribution in [3.63, 3.8) is 0 Å². The number of nitrogens with zero attached hydrogens (tertiary/aromatic N) is 1. The number of carbonyl (C=O) groups is 1. The van der Waals surface area contributed by atoms with Gasteiger partial charge in [-0.1, -0.05) is 40.9 Å². The molecule has 2 rings (SSSR count). The molecule has 0 aromatic carbocycles. The first-order valence-corrected chi connectivity index (χ1v) is 7.47. The first-order valence-electron chi connectivity index (χ1n) is 5.55. The van der Waals surface area contributed by atoms with Gasteiger partial charge in [-0.15, -0.1) is 0 Å². The summed E-state index contributed by atoms with van der Waals surface area (Å²) in [5.74, 6) is -0.191. The molecule has 0 amide bonds. The molecule has 6 heteroatoms. The third-order valence-electron chi connectivity index (χ3n) is 2.81. The van der Waals surface area contributed by atoms with E-state index in [4.69, 9.17) is 34.8 Å². The Kier molecular flexibility index (Phi) is 5.07. The molecule has 0 fully saturated rings. The predicted octanol–water partition coefficient (Wildman–Crippen LogP) is 5.34. The lowest BCUT2D eigenvalue weighted by Gasteiger charge is -2.18. The van der Waals surface area contributed by atoms with Crippen molar-refractivity contribution in [2.75, 3.05) is 0 Å². The summed E-state index contributed by atoms with van der Waals surface area (Å²) in [6.45, 7) is 0. The van der Waals surface area contributed by atoms with E-state index in [1.54, 1.807) is 18.3 Å². The molecule has 0 aliphatic heterocycles. The van der Waals surface area contributed by atoms with Crippen molar-refractivity contribution in [3.05, 3.63) is 49.7 Å². The van der Waals surface area contributed by atoms with Crippen LogP contribution in [0.25, 0.3) is 0 Å². The fraction of sp³-hybridized carbons (Fsp3) is 0.231. The molecule has 1 heterocycles. The van der Waals surface area contributed by atoms with Crippen LogP contribution in [-0.2, 0) is 0 Å². The van der Waals surface area contributed by atoms with Gasteiger partial charge in [0.15, 0.2) is 5.78 Å². The molecule has 19 heavy (non-hydrogen) atoms. The smallest absolute Gasteiger partial charge is 0.166 e. The van der Waals surface area contributed by atoms with Gasteiger partial charge in [0.2, 0.25) is 0 Å². The van der Waals surface area contributed by atoms with E-state index in [-0.39, 0.29) is 23.3 Å². The van der Waals surface area contributed by atoms with Gasteiger partial charge >= 0.3 is 0 Å². The van der Waals surface area contributed by atoms with Crippen molar-refractivity contribution >= 4 is 56.5 Å². The predicted molar refractivity (Wildman–Crippen MR) is 81.9 cm³/mol. The van der Waals surface area contributed by atoms with Crippen LogP contribution in [0.3, 0.4) is 0 Å². The highest BCUT2D eigenvalue weighted by molar-refractivity contribution is 9.10. The summed E-state index contributed by atoms with van der Waals surface area (Å²) in [5, 5.41) is 1.21. The van der Waals surface area contributed by atoms with E-state index in [0.717, 1.165) is 0 Å². The number of rotatable bonds is 3. The van der Waals surface area contributed by atoms with Crippen LogP contribution in [0, 0.1) is 5.92 Å². The van der Waals surface area contributed by atoms with Crippen LogP contribution >= 0.6 is 50.7 Å². The zero-order valence-corrected chi connectivity index (χ0v) is 13.5. The van der Waals surface area contributed by atoms with Crippen molar-refractivity contribution in [3.8, 4) is 0 Å². The molecule has 0 radical (unpaired) electrons. The fourth-order valence-corrected chi connectivity index (χ4v) is 2.85. The molecular weight excluding hydrogens is 372 g/mol. The van der Waals surface area contributed by atoms with Crippen LogP contribution in [0.15, 0.2) is 39.0 Å². The summed E-state index contributed by atoms with van der Waals surface area (Å²) in [5.41, 5.74) is 0.395. The summed E-state index contributed by atoms with van der Waals surface area (Å²) in [6.07, 6.45) is 6.16. The number of aromatic nitrogens is 1. The minimum absolute atomic E-state index is 0.0956. The van der Waals surface area contributed by atoms with E-state index >= 15 is 0 Å². The molecule has 1 aromatic heterocycles. The first kappa shape index (κ1) is 15.0. The van der Waals surface area contributed by atoms with Crippen LogP contribution < -0.4 is 0 Å². The largest absolute Gasteiger partial charge is 0.294 e. The molecular formula is C13H9BrCl3NO. The Morgan fingerprint density at radius 3 is 2.89 bits per heavy atom. The van der Waals surface area contributed by atoms with Crippen LogP contribution in [-0.4, -0.2) is 10.8 Å². The van der Waals surface area contributed by atoms with Gasteiger partial charge in [0, 0.05) is 28.0 Å². The number of Topliss-reactive ketones (excluding diaryl/α,β-unsaturated/α-hetero) is 1. The summed E-state index contributed by atoms with van der Waals surface area (Å²) < 4.78 is 0.712. The molecule has 0 bridgehead atoms. The van der Waals surface area contributed by atoms with E-state index in [1.807, 2.05) is 6.08 Å². The third-order valence-corrected chi connectivity index (χ3v) is 4.48. The maximum atomic E-state index is 12.2. The normalized spacial score (nSPS) is 18.8. The van der Waals surface area contributed by atoms with Gasteiger partial charge in [-0.3, -0.25) is 4.79 Å². The maximum Gasteiger partial charge on any atom is 0.166 e. The van der Waals surface area contributed by atoms with Gasteiger partial charge in [0.25, 0.3) is 0 Å². The van der Waals surface area contributed by atoms with E-state index in [9.17, 15) is 4.79 Å². The second-order valence-electron chi connectivity index (χ2n) is 4.15. The minimum atomic E-state index is -0.0956. The van der Waals surface area contributed by atoms with Crippen LogP contribution in [0.5, 0.6) is 0 Å². The number of ketones is 1. The van der Waals surface area contributed by atoms with Gasteiger partial charge in [-0.05, 0) is 34.5 Å². The quantitative estimate of drug-likeness (QED) is 0.523. The van der Waals surface area contributed by atoms with E-state index < -0.39 is 0 Å². The van der Waals surface area contributed by atoms with Gasteiger partial charge in [0.05, 0.1) is 10.6 Å². The molecule has 1 aliphatic rings. The Labute approximate surface area is 134 Å². The summed E-state index contributed by atoms with van der Waals surface area (Å²) in [4.78, 5) is 16.2. The van der Waals surface area contributed by atoms with E-state index in [1.165, 1.54) is 0 Å². The lowest BCUT2D eigenvalue weighted by atomic mass is 9.93. The fourth-order valence-electron chi connectivity index (χ4n) is 1.84. The number of halogens is 4. The highest BCUT2D eigenvalue weighted by Crippen LogP contribution is 2.34. The number of hydrogen-bond acceptors (Lipinski definition) is 2. The molecule has 0 saturated heterocycles. The van der Waals surface area contributed by atoms with E-state index in [2.05, 4.69) is 20.9 Å². The van der Waals surface area contributed by atoms with Gasteiger partial charge in [-0.25, -0.2) is 4.98 Å². The SMILES string of the molecule is O=C(CC1CC=CC(Cl)=C1Cl)c1cc(Br)cnc1Cl. The standard InChI is InChI=1S/C13H9BrCl3NO/c14-8-5-9(13(17)18-6-8)11(19)4-7-2-1-3-10(15)12(7)16/h1,3,5-7H,2,4H2. The Morgan fingerprint density at radius 1 is 1.42 bits per heavy atom. The molecule has 0 N–H and O–H groups in total. The first-order chi connectivity index (χ1) is 8.99. The van der Waals surface area contributed by atoms with Crippen LogP contribution in [0.4, 0.5) is 0 Å². The van der Waals surface area contributed by atoms with Gasteiger partial charge < -0.3 is 0 Å². The molecule has 0 spiro atoms. The highest BCUT2D eigenvalue weighted by atomic mass is 79.9. The number of allylic oxidation sites excluding steroid dienone is 4. The zero-order valence-electron chi connectivity index (χ0n) is 9.67.